The van der Waals surface area contributed by atoms with Crippen LogP contribution in [0.5, 0.6) is 5.75 Å². The van der Waals surface area contributed by atoms with Gasteiger partial charge in [0.15, 0.2) is 0 Å². The summed E-state index contributed by atoms with van der Waals surface area (Å²) in [6.45, 7) is 0.333. The number of fused-ring (bicyclic) bond motifs is 1. The largest absolute Gasteiger partial charge is 0.489 e. The molecular weight excluding hydrogens is 336 g/mol. The van der Waals surface area contributed by atoms with Crippen LogP contribution < -0.4 is 10.1 Å². The fraction of sp³-hybridized carbons (Fsp3) is 0.0435. The first-order valence-electron chi connectivity index (χ1n) is 8.58. The van der Waals surface area contributed by atoms with Crippen LogP contribution in [-0.4, -0.2) is 5.91 Å². The molecule has 0 spiro atoms. The second kappa shape index (κ2) is 7.19. The summed E-state index contributed by atoms with van der Waals surface area (Å²) in [5, 5.41) is 12.0. The maximum absolute atomic E-state index is 12.2. The molecule has 0 atom stereocenters. The van der Waals surface area contributed by atoms with E-state index in [0.29, 0.717) is 23.5 Å². The molecule has 1 N–H and O–H groups in total. The molecule has 1 heterocycles. The van der Waals surface area contributed by atoms with E-state index in [-0.39, 0.29) is 5.91 Å². The lowest BCUT2D eigenvalue weighted by molar-refractivity contribution is -0.110. The molecule has 0 aliphatic carbocycles. The number of nitriles is 1. The third-order valence-corrected chi connectivity index (χ3v) is 4.43. The standard InChI is InChI=1S/C23H16N2O2/c24-14-17-5-1-2-6-18(17)15-27-19-11-9-16(10-12-19)13-21-20-7-3-4-8-22(20)25-23(21)26/h1-13H,15H2,(H,25,26)/b21-13-. The molecule has 130 valence electrons. The van der Waals surface area contributed by atoms with E-state index in [1.165, 1.54) is 0 Å². The van der Waals surface area contributed by atoms with Gasteiger partial charge in [-0.2, -0.15) is 5.26 Å². The van der Waals surface area contributed by atoms with Gasteiger partial charge in [0.2, 0.25) is 0 Å². The maximum atomic E-state index is 12.2. The Labute approximate surface area is 157 Å². The van der Waals surface area contributed by atoms with Crippen molar-refractivity contribution in [2.45, 2.75) is 6.61 Å². The summed E-state index contributed by atoms with van der Waals surface area (Å²) in [5.41, 5.74) is 4.79. The number of hydrogen-bond acceptors (Lipinski definition) is 3. The minimum absolute atomic E-state index is 0.0929. The number of ether oxygens (including phenoxy) is 1. The van der Waals surface area contributed by atoms with Crippen molar-refractivity contribution in [2.75, 3.05) is 5.32 Å². The first kappa shape index (κ1) is 16.6. The Bertz CT molecular complexity index is 1080. The number of carbonyl (C=O) groups excluding carboxylic acids is 1. The Hall–Kier alpha value is -3.84. The molecule has 0 unspecified atom stereocenters. The molecule has 4 heteroatoms. The Morgan fingerprint density at radius 1 is 0.963 bits per heavy atom. The third kappa shape index (κ3) is 3.44. The number of anilines is 1. The van der Waals surface area contributed by atoms with Crippen molar-refractivity contribution in [3.63, 3.8) is 0 Å². The molecule has 3 aromatic rings. The van der Waals surface area contributed by atoms with Crippen molar-refractivity contribution in [1.82, 2.24) is 0 Å². The summed E-state index contributed by atoms with van der Waals surface area (Å²) in [4.78, 5) is 12.2. The van der Waals surface area contributed by atoms with Crippen molar-refractivity contribution in [1.29, 1.82) is 5.26 Å². The molecule has 0 saturated heterocycles. The van der Waals surface area contributed by atoms with E-state index in [1.807, 2.05) is 72.8 Å². The van der Waals surface area contributed by atoms with Crippen molar-refractivity contribution >= 4 is 23.2 Å². The predicted molar refractivity (Wildman–Crippen MR) is 105 cm³/mol. The number of nitrogens with zero attached hydrogens (tertiary/aromatic N) is 1. The van der Waals surface area contributed by atoms with Crippen molar-refractivity contribution in [2.24, 2.45) is 0 Å². The normalized spacial score (nSPS) is 13.7. The topological polar surface area (TPSA) is 62.1 Å². The summed E-state index contributed by atoms with van der Waals surface area (Å²) in [5.74, 6) is 0.616. The molecule has 1 aliphatic heterocycles. The lowest BCUT2D eigenvalue weighted by Gasteiger charge is -2.08. The second-order valence-electron chi connectivity index (χ2n) is 6.18. The zero-order valence-corrected chi connectivity index (χ0v) is 14.5. The third-order valence-electron chi connectivity index (χ3n) is 4.43. The van der Waals surface area contributed by atoms with E-state index >= 15 is 0 Å². The van der Waals surface area contributed by atoms with Gasteiger partial charge in [0.1, 0.15) is 12.4 Å². The highest BCUT2D eigenvalue weighted by Crippen LogP contribution is 2.32. The van der Waals surface area contributed by atoms with Crippen LogP contribution in [0, 0.1) is 11.3 Å². The predicted octanol–water partition coefficient (Wildman–Crippen LogP) is 4.63. The summed E-state index contributed by atoms with van der Waals surface area (Å²) in [7, 11) is 0. The van der Waals surface area contributed by atoms with E-state index < -0.39 is 0 Å². The van der Waals surface area contributed by atoms with E-state index in [4.69, 9.17) is 10.00 Å². The first-order valence-corrected chi connectivity index (χ1v) is 8.58. The SMILES string of the molecule is N#Cc1ccccc1COc1ccc(/C=C2\C(=O)Nc3ccccc32)cc1. The van der Waals surface area contributed by atoms with Crippen molar-refractivity contribution < 1.29 is 9.53 Å². The average Bonchev–Trinajstić information content (AvgIpc) is 3.03. The number of amides is 1. The van der Waals surface area contributed by atoms with Gasteiger partial charge < -0.3 is 10.1 Å². The lowest BCUT2D eigenvalue weighted by atomic mass is 10.0. The highest BCUT2D eigenvalue weighted by molar-refractivity contribution is 6.34. The maximum Gasteiger partial charge on any atom is 0.256 e. The first-order chi connectivity index (χ1) is 13.2. The van der Waals surface area contributed by atoms with Gasteiger partial charge in [-0.05, 0) is 35.9 Å². The minimum atomic E-state index is -0.0929. The van der Waals surface area contributed by atoms with Crippen LogP contribution in [0.2, 0.25) is 0 Å². The lowest BCUT2D eigenvalue weighted by Crippen LogP contribution is -2.03. The second-order valence-corrected chi connectivity index (χ2v) is 6.18. The summed E-state index contributed by atoms with van der Waals surface area (Å²) < 4.78 is 5.79. The number of carbonyl (C=O) groups is 1. The molecule has 1 amide bonds. The van der Waals surface area contributed by atoms with Gasteiger partial charge in [-0.3, -0.25) is 4.79 Å². The average molecular weight is 352 g/mol. The Morgan fingerprint density at radius 2 is 1.70 bits per heavy atom. The molecule has 0 radical (unpaired) electrons. The van der Waals surface area contributed by atoms with E-state index in [0.717, 1.165) is 22.4 Å². The Balaban J connectivity index is 1.50. The Kier molecular flexibility index (Phi) is 4.42. The minimum Gasteiger partial charge on any atom is -0.489 e. The zero-order valence-electron chi connectivity index (χ0n) is 14.5. The van der Waals surface area contributed by atoms with E-state index in [1.54, 1.807) is 6.07 Å². The quantitative estimate of drug-likeness (QED) is 0.696. The molecular formula is C23H16N2O2. The molecule has 3 aromatic carbocycles. The van der Waals surface area contributed by atoms with Crippen LogP contribution in [0.3, 0.4) is 0 Å². The number of rotatable bonds is 4. The summed E-state index contributed by atoms with van der Waals surface area (Å²) in [6, 6.07) is 24.7. The van der Waals surface area contributed by atoms with Crippen LogP contribution in [0.25, 0.3) is 11.6 Å². The van der Waals surface area contributed by atoms with Gasteiger partial charge in [-0.25, -0.2) is 0 Å². The van der Waals surface area contributed by atoms with Crippen LogP contribution in [0.15, 0.2) is 72.8 Å². The Morgan fingerprint density at radius 3 is 2.52 bits per heavy atom. The fourth-order valence-corrected chi connectivity index (χ4v) is 3.03. The number of nitrogens with one attached hydrogen (secondary N) is 1. The van der Waals surface area contributed by atoms with Gasteiger partial charge in [0, 0.05) is 22.4 Å². The van der Waals surface area contributed by atoms with E-state index in [9.17, 15) is 4.79 Å². The van der Waals surface area contributed by atoms with Gasteiger partial charge in [0.05, 0.1) is 11.6 Å². The molecule has 4 rings (SSSR count). The van der Waals surface area contributed by atoms with Crippen LogP contribution >= 0.6 is 0 Å². The van der Waals surface area contributed by atoms with Gasteiger partial charge >= 0.3 is 0 Å². The molecule has 0 aromatic heterocycles. The molecule has 0 saturated carbocycles. The molecule has 4 nitrogen and oxygen atoms in total. The molecule has 0 fully saturated rings. The van der Waals surface area contributed by atoms with Crippen LogP contribution in [0.1, 0.15) is 22.3 Å². The summed E-state index contributed by atoms with van der Waals surface area (Å²) >= 11 is 0. The van der Waals surface area contributed by atoms with Crippen LogP contribution in [-0.2, 0) is 11.4 Å². The molecule has 27 heavy (non-hydrogen) atoms. The van der Waals surface area contributed by atoms with Crippen molar-refractivity contribution in [3.8, 4) is 11.8 Å². The fourth-order valence-electron chi connectivity index (χ4n) is 3.03. The smallest absolute Gasteiger partial charge is 0.256 e. The highest BCUT2D eigenvalue weighted by Gasteiger charge is 2.23. The highest BCUT2D eigenvalue weighted by atomic mass is 16.5. The zero-order chi connectivity index (χ0) is 18.6. The van der Waals surface area contributed by atoms with Crippen molar-refractivity contribution in [3.05, 3.63) is 95.1 Å². The number of hydrogen-bond donors (Lipinski definition) is 1. The summed E-state index contributed by atoms with van der Waals surface area (Å²) in [6.07, 6.45) is 1.87. The van der Waals surface area contributed by atoms with Gasteiger partial charge in [0.25, 0.3) is 5.91 Å². The van der Waals surface area contributed by atoms with Crippen LogP contribution in [0.4, 0.5) is 5.69 Å². The van der Waals surface area contributed by atoms with Gasteiger partial charge in [-0.1, -0.05) is 48.5 Å². The van der Waals surface area contributed by atoms with E-state index in [2.05, 4.69) is 11.4 Å². The number of benzene rings is 3. The molecule has 1 aliphatic rings. The van der Waals surface area contributed by atoms with Gasteiger partial charge in [-0.15, -0.1) is 0 Å². The number of para-hydroxylation sites is 1. The monoisotopic (exact) mass is 352 g/mol. The molecule has 0 bridgehead atoms.